The van der Waals surface area contributed by atoms with Crippen LogP contribution < -0.4 is 10.5 Å². The molecule has 3 nitrogen and oxygen atoms in total. The van der Waals surface area contributed by atoms with Crippen molar-refractivity contribution in [3.05, 3.63) is 29.8 Å². The molecule has 0 fully saturated rings. The van der Waals surface area contributed by atoms with Gasteiger partial charge in [-0.1, -0.05) is 12.1 Å². The highest BCUT2D eigenvalue weighted by molar-refractivity contribution is 5.28. The quantitative estimate of drug-likeness (QED) is 0.730. The highest BCUT2D eigenvalue weighted by atomic mass is 19.3. The van der Waals surface area contributed by atoms with E-state index in [1.54, 1.807) is 0 Å². The van der Waals surface area contributed by atoms with Crippen molar-refractivity contribution >= 4 is 0 Å². The Hall–Kier alpha value is -1.20. The Morgan fingerprint density at radius 3 is 2.44 bits per heavy atom. The lowest BCUT2D eigenvalue weighted by molar-refractivity contribution is 0.0152. The lowest BCUT2D eigenvalue weighted by Crippen LogP contribution is -2.14. The van der Waals surface area contributed by atoms with Gasteiger partial charge in [-0.05, 0) is 31.0 Å². The van der Waals surface area contributed by atoms with Crippen LogP contribution in [0.15, 0.2) is 24.3 Å². The number of halogens is 2. The minimum atomic E-state index is -2.42. The van der Waals surface area contributed by atoms with Crippen molar-refractivity contribution < 1.29 is 18.3 Å². The standard InChI is InChI=1S/C13H19F2NO2/c1-2-18-11-5-3-10(4-6-11)12(16)7-8-17-9-13(14)15/h3-6,12-13H,2,7-9,16H2,1H3. The van der Waals surface area contributed by atoms with E-state index >= 15 is 0 Å². The van der Waals surface area contributed by atoms with Gasteiger partial charge in [-0.2, -0.15) is 0 Å². The Balaban J connectivity index is 2.34. The summed E-state index contributed by atoms with van der Waals surface area (Å²) in [6, 6.07) is 7.24. The minimum absolute atomic E-state index is 0.210. The molecule has 5 heteroatoms. The molecule has 1 unspecified atom stereocenters. The molecule has 0 aromatic heterocycles. The average Bonchev–Trinajstić information content (AvgIpc) is 2.35. The van der Waals surface area contributed by atoms with Gasteiger partial charge < -0.3 is 15.2 Å². The van der Waals surface area contributed by atoms with Crippen molar-refractivity contribution in [1.82, 2.24) is 0 Å². The molecule has 0 aliphatic heterocycles. The van der Waals surface area contributed by atoms with E-state index in [1.807, 2.05) is 31.2 Å². The van der Waals surface area contributed by atoms with Crippen LogP contribution in [0.4, 0.5) is 8.78 Å². The fourth-order valence-corrected chi connectivity index (χ4v) is 1.53. The zero-order valence-corrected chi connectivity index (χ0v) is 10.4. The van der Waals surface area contributed by atoms with Crippen molar-refractivity contribution in [2.24, 2.45) is 5.73 Å². The van der Waals surface area contributed by atoms with Crippen LogP contribution in [-0.4, -0.2) is 26.2 Å². The van der Waals surface area contributed by atoms with Crippen LogP contribution in [-0.2, 0) is 4.74 Å². The summed E-state index contributed by atoms with van der Waals surface area (Å²) in [5.74, 6) is 0.794. The van der Waals surface area contributed by atoms with Crippen LogP contribution in [0.3, 0.4) is 0 Å². The first-order valence-electron chi connectivity index (χ1n) is 5.97. The van der Waals surface area contributed by atoms with E-state index in [2.05, 4.69) is 0 Å². The second kappa shape index (κ2) is 8.00. The molecule has 2 N–H and O–H groups in total. The summed E-state index contributed by atoms with van der Waals surface area (Å²) >= 11 is 0. The van der Waals surface area contributed by atoms with Gasteiger partial charge in [0, 0.05) is 12.6 Å². The first kappa shape index (κ1) is 14.9. The van der Waals surface area contributed by atoms with Crippen LogP contribution in [0.5, 0.6) is 5.75 Å². The van der Waals surface area contributed by atoms with Gasteiger partial charge in [-0.3, -0.25) is 0 Å². The van der Waals surface area contributed by atoms with Gasteiger partial charge in [-0.25, -0.2) is 8.78 Å². The van der Waals surface area contributed by atoms with Gasteiger partial charge in [0.05, 0.1) is 6.61 Å². The zero-order chi connectivity index (χ0) is 13.4. The number of nitrogens with two attached hydrogens (primary N) is 1. The van der Waals surface area contributed by atoms with Crippen molar-refractivity contribution in [1.29, 1.82) is 0 Å². The van der Waals surface area contributed by atoms with Crippen molar-refractivity contribution in [2.45, 2.75) is 25.8 Å². The molecule has 0 spiro atoms. The number of alkyl halides is 2. The van der Waals surface area contributed by atoms with Crippen LogP contribution >= 0.6 is 0 Å². The Morgan fingerprint density at radius 1 is 1.22 bits per heavy atom. The fourth-order valence-electron chi connectivity index (χ4n) is 1.53. The summed E-state index contributed by atoms with van der Waals surface area (Å²) in [6.45, 7) is 2.24. The lowest BCUT2D eigenvalue weighted by Gasteiger charge is -2.13. The zero-order valence-electron chi connectivity index (χ0n) is 10.4. The number of hydrogen-bond donors (Lipinski definition) is 1. The van der Waals surface area contributed by atoms with E-state index in [0.29, 0.717) is 13.0 Å². The van der Waals surface area contributed by atoms with Gasteiger partial charge in [0.15, 0.2) is 0 Å². The summed E-state index contributed by atoms with van der Waals surface area (Å²) < 4.78 is 33.8. The van der Waals surface area contributed by atoms with Gasteiger partial charge >= 0.3 is 0 Å². The van der Waals surface area contributed by atoms with E-state index in [1.165, 1.54) is 0 Å². The highest BCUT2D eigenvalue weighted by Gasteiger charge is 2.07. The maximum absolute atomic E-state index is 11.8. The third kappa shape index (κ3) is 5.42. The molecule has 0 saturated carbocycles. The third-order valence-corrected chi connectivity index (χ3v) is 2.44. The van der Waals surface area contributed by atoms with Crippen molar-refractivity contribution in [3.63, 3.8) is 0 Å². The van der Waals surface area contributed by atoms with Crippen molar-refractivity contribution in [2.75, 3.05) is 19.8 Å². The summed E-state index contributed by atoms with van der Waals surface area (Å²) in [6.07, 6.45) is -1.91. The molecule has 1 aromatic carbocycles. The summed E-state index contributed by atoms with van der Waals surface area (Å²) in [4.78, 5) is 0. The molecular formula is C13H19F2NO2. The molecule has 0 heterocycles. The minimum Gasteiger partial charge on any atom is -0.494 e. The largest absolute Gasteiger partial charge is 0.494 e. The normalized spacial score (nSPS) is 12.7. The second-order valence-electron chi connectivity index (χ2n) is 3.86. The third-order valence-electron chi connectivity index (χ3n) is 2.44. The SMILES string of the molecule is CCOc1ccc(C(N)CCOCC(F)F)cc1. The summed E-state index contributed by atoms with van der Waals surface area (Å²) in [5, 5.41) is 0. The van der Waals surface area contributed by atoms with E-state index in [9.17, 15) is 8.78 Å². The smallest absolute Gasteiger partial charge is 0.261 e. The average molecular weight is 259 g/mol. The maximum Gasteiger partial charge on any atom is 0.261 e. The molecule has 18 heavy (non-hydrogen) atoms. The maximum atomic E-state index is 11.8. The molecule has 0 aliphatic rings. The summed E-state index contributed by atoms with van der Waals surface area (Å²) in [5.41, 5.74) is 6.87. The first-order valence-corrected chi connectivity index (χ1v) is 5.97. The Bertz CT molecular complexity index is 330. The first-order chi connectivity index (χ1) is 8.63. The molecule has 0 radical (unpaired) electrons. The second-order valence-corrected chi connectivity index (χ2v) is 3.86. The fraction of sp³-hybridized carbons (Fsp3) is 0.538. The van der Waals surface area contributed by atoms with Gasteiger partial charge in [-0.15, -0.1) is 0 Å². The Labute approximate surface area is 106 Å². The molecule has 0 saturated heterocycles. The Morgan fingerprint density at radius 2 is 1.89 bits per heavy atom. The van der Waals surface area contributed by atoms with Crippen LogP contribution in [0.1, 0.15) is 24.9 Å². The number of hydrogen-bond acceptors (Lipinski definition) is 3. The predicted octanol–water partition coefficient (Wildman–Crippen LogP) is 2.76. The molecule has 0 aliphatic carbocycles. The van der Waals surface area contributed by atoms with Gasteiger partial charge in [0.25, 0.3) is 6.43 Å². The summed E-state index contributed by atoms with van der Waals surface area (Å²) in [7, 11) is 0. The Kier molecular flexibility index (Phi) is 6.60. The predicted molar refractivity (Wildman–Crippen MR) is 66.0 cm³/mol. The number of rotatable bonds is 8. The topological polar surface area (TPSA) is 44.5 Å². The molecule has 0 amide bonds. The van der Waals surface area contributed by atoms with E-state index in [4.69, 9.17) is 15.2 Å². The van der Waals surface area contributed by atoms with Gasteiger partial charge in [0.1, 0.15) is 12.4 Å². The van der Waals surface area contributed by atoms with Crippen LogP contribution in [0.2, 0.25) is 0 Å². The van der Waals surface area contributed by atoms with E-state index in [-0.39, 0.29) is 12.6 Å². The van der Waals surface area contributed by atoms with E-state index in [0.717, 1.165) is 11.3 Å². The number of ether oxygens (including phenoxy) is 2. The molecule has 1 atom stereocenters. The van der Waals surface area contributed by atoms with Crippen LogP contribution in [0, 0.1) is 0 Å². The van der Waals surface area contributed by atoms with Crippen molar-refractivity contribution in [3.8, 4) is 5.75 Å². The van der Waals surface area contributed by atoms with Gasteiger partial charge in [0.2, 0.25) is 0 Å². The number of benzene rings is 1. The molecule has 1 rings (SSSR count). The van der Waals surface area contributed by atoms with Crippen LogP contribution in [0.25, 0.3) is 0 Å². The molecule has 102 valence electrons. The molecular weight excluding hydrogens is 240 g/mol. The lowest BCUT2D eigenvalue weighted by atomic mass is 10.1. The van der Waals surface area contributed by atoms with E-state index < -0.39 is 13.0 Å². The molecule has 1 aromatic rings. The highest BCUT2D eigenvalue weighted by Crippen LogP contribution is 2.18. The monoisotopic (exact) mass is 259 g/mol. The molecule has 0 bridgehead atoms.